The van der Waals surface area contributed by atoms with Crippen LogP contribution >= 0.6 is 11.6 Å². The molecule has 2 aromatic rings. The average Bonchev–Trinajstić information content (AvgIpc) is 2.31. The third kappa shape index (κ3) is 3.39. The van der Waals surface area contributed by atoms with Crippen LogP contribution in [0.25, 0.3) is 0 Å². The van der Waals surface area contributed by atoms with Gasteiger partial charge < -0.3 is 0 Å². The molecule has 0 aliphatic heterocycles. The first-order valence-corrected chi connectivity index (χ1v) is 6.00. The van der Waals surface area contributed by atoms with Crippen LogP contribution in [0, 0.1) is 0 Å². The molecule has 0 radical (unpaired) electrons. The second kappa shape index (κ2) is 5.72. The quantitative estimate of drug-likeness (QED) is 0.695. The molecule has 2 rings (SSSR count). The SMILES string of the molecule is ClC(Cc1ccccc1)Cc1ccccc1. The molecule has 0 aliphatic carbocycles. The Morgan fingerprint density at radius 3 is 1.44 bits per heavy atom. The zero-order valence-electron chi connectivity index (χ0n) is 9.14. The van der Waals surface area contributed by atoms with Crippen molar-refractivity contribution in [2.75, 3.05) is 0 Å². The van der Waals surface area contributed by atoms with Gasteiger partial charge in [0, 0.05) is 5.38 Å². The molecule has 0 atom stereocenters. The predicted molar refractivity (Wildman–Crippen MR) is 69.9 cm³/mol. The molecule has 82 valence electrons. The predicted octanol–water partition coefficient (Wildman–Crippen LogP) is 4.08. The Balaban J connectivity index is 1.92. The maximum Gasteiger partial charge on any atom is 0.0416 e. The van der Waals surface area contributed by atoms with Crippen molar-refractivity contribution in [3.63, 3.8) is 0 Å². The Bertz CT molecular complexity index is 366. The highest BCUT2D eigenvalue weighted by Crippen LogP contribution is 2.13. The van der Waals surface area contributed by atoms with Gasteiger partial charge in [-0.2, -0.15) is 0 Å². The van der Waals surface area contributed by atoms with Crippen LogP contribution in [0.2, 0.25) is 0 Å². The van der Waals surface area contributed by atoms with Crippen molar-refractivity contribution >= 4 is 11.6 Å². The van der Waals surface area contributed by atoms with E-state index in [1.807, 2.05) is 12.1 Å². The van der Waals surface area contributed by atoms with Gasteiger partial charge in [0.15, 0.2) is 0 Å². The molecule has 0 fully saturated rings. The van der Waals surface area contributed by atoms with Crippen LogP contribution in [0.1, 0.15) is 11.1 Å². The summed E-state index contributed by atoms with van der Waals surface area (Å²) in [6, 6.07) is 20.8. The number of hydrogen-bond acceptors (Lipinski definition) is 0. The second-order valence-electron chi connectivity index (χ2n) is 3.98. The van der Waals surface area contributed by atoms with E-state index in [0.29, 0.717) is 0 Å². The Morgan fingerprint density at radius 1 is 0.688 bits per heavy atom. The molecule has 0 bridgehead atoms. The van der Waals surface area contributed by atoms with Gasteiger partial charge in [0.05, 0.1) is 0 Å². The lowest BCUT2D eigenvalue weighted by Gasteiger charge is -2.09. The fraction of sp³-hybridized carbons (Fsp3) is 0.200. The van der Waals surface area contributed by atoms with Crippen LogP contribution < -0.4 is 0 Å². The van der Waals surface area contributed by atoms with E-state index in [1.165, 1.54) is 11.1 Å². The highest BCUT2D eigenvalue weighted by atomic mass is 35.5. The molecule has 0 saturated heterocycles. The van der Waals surface area contributed by atoms with Crippen molar-refractivity contribution in [3.05, 3.63) is 71.8 Å². The summed E-state index contributed by atoms with van der Waals surface area (Å²) >= 11 is 6.35. The maximum atomic E-state index is 6.35. The number of benzene rings is 2. The smallest absolute Gasteiger partial charge is 0.0416 e. The summed E-state index contributed by atoms with van der Waals surface area (Å²) in [5.74, 6) is 0. The van der Waals surface area contributed by atoms with Gasteiger partial charge in [-0.15, -0.1) is 11.6 Å². The number of rotatable bonds is 4. The molecule has 1 heteroatoms. The second-order valence-corrected chi connectivity index (χ2v) is 4.59. The highest BCUT2D eigenvalue weighted by Gasteiger charge is 2.06. The lowest BCUT2D eigenvalue weighted by atomic mass is 10.0. The Labute approximate surface area is 102 Å². The number of halogens is 1. The summed E-state index contributed by atoms with van der Waals surface area (Å²) in [6.07, 6.45) is 1.86. The van der Waals surface area contributed by atoms with Crippen LogP contribution in [0.15, 0.2) is 60.7 Å². The zero-order chi connectivity index (χ0) is 11.2. The average molecular weight is 231 g/mol. The minimum atomic E-state index is 0.171. The molecule has 16 heavy (non-hydrogen) atoms. The molecule has 0 aliphatic rings. The van der Waals surface area contributed by atoms with Crippen molar-refractivity contribution in [1.29, 1.82) is 0 Å². The van der Waals surface area contributed by atoms with Gasteiger partial charge >= 0.3 is 0 Å². The maximum absolute atomic E-state index is 6.35. The summed E-state index contributed by atoms with van der Waals surface area (Å²) < 4.78 is 0. The van der Waals surface area contributed by atoms with Crippen molar-refractivity contribution in [2.45, 2.75) is 18.2 Å². The Kier molecular flexibility index (Phi) is 4.01. The molecule has 0 aromatic heterocycles. The minimum Gasteiger partial charge on any atom is -0.122 e. The van der Waals surface area contributed by atoms with Gasteiger partial charge in [0.2, 0.25) is 0 Å². The van der Waals surface area contributed by atoms with Crippen molar-refractivity contribution in [3.8, 4) is 0 Å². The number of alkyl halides is 1. The summed E-state index contributed by atoms with van der Waals surface area (Å²) in [5.41, 5.74) is 2.61. The van der Waals surface area contributed by atoms with E-state index >= 15 is 0 Å². The third-order valence-electron chi connectivity index (χ3n) is 2.60. The van der Waals surface area contributed by atoms with Gasteiger partial charge in [-0.25, -0.2) is 0 Å². The largest absolute Gasteiger partial charge is 0.122 e. The van der Waals surface area contributed by atoms with E-state index in [2.05, 4.69) is 48.5 Å². The van der Waals surface area contributed by atoms with E-state index in [-0.39, 0.29) is 5.38 Å². The Hall–Kier alpha value is -1.27. The van der Waals surface area contributed by atoms with Gasteiger partial charge in [-0.3, -0.25) is 0 Å². The summed E-state index contributed by atoms with van der Waals surface area (Å²) in [6.45, 7) is 0. The normalized spacial score (nSPS) is 10.6. The van der Waals surface area contributed by atoms with E-state index in [0.717, 1.165) is 12.8 Å². The zero-order valence-corrected chi connectivity index (χ0v) is 9.90. The summed E-state index contributed by atoms with van der Waals surface area (Å²) in [5, 5.41) is 0.171. The molecule has 0 saturated carbocycles. The van der Waals surface area contributed by atoms with Crippen molar-refractivity contribution in [1.82, 2.24) is 0 Å². The Morgan fingerprint density at radius 2 is 1.06 bits per heavy atom. The minimum absolute atomic E-state index is 0.171. The molecule has 0 amide bonds. The fourth-order valence-corrected chi connectivity index (χ4v) is 2.17. The molecule has 0 spiro atoms. The van der Waals surface area contributed by atoms with E-state index < -0.39 is 0 Å². The van der Waals surface area contributed by atoms with Gasteiger partial charge in [-0.05, 0) is 24.0 Å². The van der Waals surface area contributed by atoms with Crippen LogP contribution in [0.4, 0.5) is 0 Å². The van der Waals surface area contributed by atoms with Crippen LogP contribution in [0.3, 0.4) is 0 Å². The van der Waals surface area contributed by atoms with Crippen molar-refractivity contribution < 1.29 is 0 Å². The van der Waals surface area contributed by atoms with Crippen LogP contribution in [-0.4, -0.2) is 5.38 Å². The molecule has 0 nitrogen and oxygen atoms in total. The first-order valence-electron chi connectivity index (χ1n) is 5.56. The topological polar surface area (TPSA) is 0 Å². The standard InChI is InChI=1S/C15H15Cl/c16-15(11-13-7-3-1-4-8-13)12-14-9-5-2-6-10-14/h1-10,15H,11-12H2. The van der Waals surface area contributed by atoms with Gasteiger partial charge in [0.25, 0.3) is 0 Å². The monoisotopic (exact) mass is 230 g/mol. The van der Waals surface area contributed by atoms with Crippen LogP contribution in [0.5, 0.6) is 0 Å². The summed E-state index contributed by atoms with van der Waals surface area (Å²) in [4.78, 5) is 0. The molecular formula is C15H15Cl. The molecule has 2 aromatic carbocycles. The fourth-order valence-electron chi connectivity index (χ4n) is 1.81. The molecule has 0 N–H and O–H groups in total. The van der Waals surface area contributed by atoms with Crippen LogP contribution in [-0.2, 0) is 12.8 Å². The first kappa shape index (κ1) is 11.2. The lowest BCUT2D eigenvalue weighted by Crippen LogP contribution is -2.07. The number of hydrogen-bond donors (Lipinski definition) is 0. The van der Waals surface area contributed by atoms with Gasteiger partial charge in [-0.1, -0.05) is 60.7 Å². The highest BCUT2D eigenvalue weighted by molar-refractivity contribution is 6.20. The van der Waals surface area contributed by atoms with Crippen molar-refractivity contribution in [2.24, 2.45) is 0 Å². The van der Waals surface area contributed by atoms with Gasteiger partial charge in [0.1, 0.15) is 0 Å². The summed E-state index contributed by atoms with van der Waals surface area (Å²) in [7, 11) is 0. The molecule has 0 heterocycles. The molecule has 0 unspecified atom stereocenters. The van der Waals surface area contributed by atoms with E-state index in [1.54, 1.807) is 0 Å². The van der Waals surface area contributed by atoms with E-state index in [9.17, 15) is 0 Å². The first-order chi connectivity index (χ1) is 7.84. The lowest BCUT2D eigenvalue weighted by molar-refractivity contribution is 0.831. The van der Waals surface area contributed by atoms with E-state index in [4.69, 9.17) is 11.6 Å². The third-order valence-corrected chi connectivity index (χ3v) is 2.91. The molecular weight excluding hydrogens is 216 g/mol.